The summed E-state index contributed by atoms with van der Waals surface area (Å²) >= 11 is 5.77. The monoisotopic (exact) mass is 311 g/mol. The molecule has 1 aromatic rings. The van der Waals surface area contributed by atoms with E-state index in [2.05, 4.69) is 0 Å². The van der Waals surface area contributed by atoms with Gasteiger partial charge in [-0.2, -0.15) is 0 Å². The van der Waals surface area contributed by atoms with Crippen LogP contribution >= 0.6 is 11.6 Å². The minimum absolute atomic E-state index is 0.0502. The van der Waals surface area contributed by atoms with Gasteiger partial charge in [0.25, 0.3) is 5.91 Å². The second-order valence-corrected chi connectivity index (χ2v) is 5.93. The molecule has 1 saturated heterocycles. The van der Waals surface area contributed by atoms with Crippen molar-refractivity contribution in [1.82, 2.24) is 4.90 Å². The van der Waals surface area contributed by atoms with E-state index in [0.29, 0.717) is 36.7 Å². The molecule has 114 valence electrons. The quantitative estimate of drug-likeness (QED) is 0.927. The molecule has 0 bridgehead atoms. The maximum absolute atomic E-state index is 12.0. The van der Waals surface area contributed by atoms with Crippen molar-refractivity contribution in [3.05, 3.63) is 29.3 Å². The first-order chi connectivity index (χ1) is 9.90. The van der Waals surface area contributed by atoms with Crippen molar-refractivity contribution in [2.75, 3.05) is 19.7 Å². The standard InChI is InChI=1S/C15H18ClNO4/c1-15(14(19)20)6-8-17(9-7-15)13(18)10-21-12-4-2-11(16)3-5-12/h2-5H,6-10H2,1H3,(H,19,20). The van der Waals surface area contributed by atoms with Gasteiger partial charge in [-0.05, 0) is 44.0 Å². The molecule has 1 fully saturated rings. The molecular weight excluding hydrogens is 294 g/mol. The lowest BCUT2D eigenvalue weighted by Gasteiger charge is -2.36. The van der Waals surface area contributed by atoms with Crippen LogP contribution in [0.15, 0.2) is 24.3 Å². The molecule has 1 aliphatic heterocycles. The van der Waals surface area contributed by atoms with Gasteiger partial charge >= 0.3 is 5.97 Å². The Hall–Kier alpha value is -1.75. The van der Waals surface area contributed by atoms with Gasteiger partial charge in [-0.3, -0.25) is 9.59 Å². The lowest BCUT2D eigenvalue weighted by Crippen LogP contribution is -2.46. The molecule has 0 aliphatic carbocycles. The molecule has 5 nitrogen and oxygen atoms in total. The number of carboxylic acids is 1. The number of ether oxygens (including phenoxy) is 1. The number of hydrogen-bond acceptors (Lipinski definition) is 3. The van der Waals surface area contributed by atoms with Crippen LogP contribution in [0.4, 0.5) is 0 Å². The van der Waals surface area contributed by atoms with Gasteiger partial charge in [0.15, 0.2) is 6.61 Å². The molecule has 1 amide bonds. The van der Waals surface area contributed by atoms with Gasteiger partial charge in [0.2, 0.25) is 0 Å². The fourth-order valence-electron chi connectivity index (χ4n) is 2.23. The molecule has 1 heterocycles. The third kappa shape index (κ3) is 3.88. The molecule has 1 N–H and O–H groups in total. The van der Waals surface area contributed by atoms with Crippen LogP contribution in [0.2, 0.25) is 5.02 Å². The average molecular weight is 312 g/mol. The summed E-state index contributed by atoms with van der Waals surface area (Å²) in [5, 5.41) is 9.77. The summed E-state index contributed by atoms with van der Waals surface area (Å²) in [5.74, 6) is -0.343. The molecule has 1 aliphatic rings. The summed E-state index contributed by atoms with van der Waals surface area (Å²) < 4.78 is 5.41. The molecule has 21 heavy (non-hydrogen) atoms. The number of rotatable bonds is 4. The zero-order valence-electron chi connectivity index (χ0n) is 11.8. The van der Waals surface area contributed by atoms with E-state index in [-0.39, 0.29) is 12.5 Å². The van der Waals surface area contributed by atoms with Gasteiger partial charge in [0.05, 0.1) is 5.41 Å². The third-order valence-electron chi connectivity index (χ3n) is 3.91. The van der Waals surface area contributed by atoms with Crippen LogP contribution in [0.5, 0.6) is 5.75 Å². The second kappa shape index (κ2) is 6.35. The van der Waals surface area contributed by atoms with Crippen LogP contribution in [0.3, 0.4) is 0 Å². The van der Waals surface area contributed by atoms with Crippen molar-refractivity contribution in [2.45, 2.75) is 19.8 Å². The third-order valence-corrected chi connectivity index (χ3v) is 4.16. The van der Waals surface area contributed by atoms with Crippen molar-refractivity contribution in [1.29, 1.82) is 0 Å². The van der Waals surface area contributed by atoms with E-state index in [1.807, 2.05) is 0 Å². The van der Waals surface area contributed by atoms with E-state index in [1.54, 1.807) is 36.1 Å². The summed E-state index contributed by atoms with van der Waals surface area (Å²) in [6.45, 7) is 2.57. The van der Waals surface area contributed by atoms with Crippen molar-refractivity contribution in [3.8, 4) is 5.75 Å². The summed E-state index contributed by atoms with van der Waals surface area (Å²) in [7, 11) is 0. The Morgan fingerprint density at radius 3 is 2.38 bits per heavy atom. The molecular formula is C15H18ClNO4. The Labute approximate surface area is 128 Å². The van der Waals surface area contributed by atoms with E-state index >= 15 is 0 Å². The number of nitrogens with zero attached hydrogens (tertiary/aromatic N) is 1. The molecule has 0 aromatic heterocycles. The molecule has 1 aromatic carbocycles. The van der Waals surface area contributed by atoms with Gasteiger partial charge in [-0.25, -0.2) is 0 Å². The highest BCUT2D eigenvalue weighted by Gasteiger charge is 2.37. The van der Waals surface area contributed by atoms with E-state index in [1.165, 1.54) is 0 Å². The number of likely N-dealkylation sites (tertiary alicyclic amines) is 1. The van der Waals surface area contributed by atoms with Gasteiger partial charge in [0.1, 0.15) is 5.75 Å². The highest BCUT2D eigenvalue weighted by atomic mass is 35.5. The van der Waals surface area contributed by atoms with Gasteiger partial charge < -0.3 is 14.7 Å². The number of carboxylic acid groups (broad SMARTS) is 1. The number of aliphatic carboxylic acids is 1. The maximum Gasteiger partial charge on any atom is 0.309 e. The van der Waals surface area contributed by atoms with E-state index in [9.17, 15) is 9.59 Å². The molecule has 0 saturated carbocycles. The van der Waals surface area contributed by atoms with E-state index < -0.39 is 11.4 Å². The number of carbonyl (C=O) groups excluding carboxylic acids is 1. The predicted octanol–water partition coefficient (Wildman–Crippen LogP) is 2.43. The van der Waals surface area contributed by atoms with Crippen molar-refractivity contribution in [3.63, 3.8) is 0 Å². The number of piperidine rings is 1. The smallest absolute Gasteiger partial charge is 0.309 e. The Morgan fingerprint density at radius 2 is 1.86 bits per heavy atom. The second-order valence-electron chi connectivity index (χ2n) is 5.49. The summed E-state index contributed by atoms with van der Waals surface area (Å²) in [6, 6.07) is 6.79. The van der Waals surface area contributed by atoms with Gasteiger partial charge in [0, 0.05) is 18.1 Å². The first-order valence-corrected chi connectivity index (χ1v) is 7.18. The zero-order chi connectivity index (χ0) is 15.5. The first-order valence-electron chi connectivity index (χ1n) is 6.80. The van der Waals surface area contributed by atoms with Crippen LogP contribution in [-0.4, -0.2) is 41.6 Å². The number of hydrogen-bond donors (Lipinski definition) is 1. The zero-order valence-corrected chi connectivity index (χ0v) is 12.6. The highest BCUT2D eigenvalue weighted by Crippen LogP contribution is 2.31. The largest absolute Gasteiger partial charge is 0.484 e. The number of amides is 1. The molecule has 0 unspecified atom stereocenters. The fourth-order valence-corrected chi connectivity index (χ4v) is 2.36. The van der Waals surface area contributed by atoms with E-state index in [4.69, 9.17) is 21.4 Å². The highest BCUT2D eigenvalue weighted by molar-refractivity contribution is 6.30. The normalized spacial score (nSPS) is 17.3. The summed E-state index contributed by atoms with van der Waals surface area (Å²) in [4.78, 5) is 24.9. The van der Waals surface area contributed by atoms with Crippen LogP contribution in [-0.2, 0) is 9.59 Å². The first kappa shape index (κ1) is 15.6. The Morgan fingerprint density at radius 1 is 1.29 bits per heavy atom. The average Bonchev–Trinajstić information content (AvgIpc) is 2.47. The SMILES string of the molecule is CC1(C(=O)O)CCN(C(=O)COc2ccc(Cl)cc2)CC1. The Bertz CT molecular complexity index is 521. The maximum atomic E-state index is 12.0. The minimum Gasteiger partial charge on any atom is -0.484 e. The fraction of sp³-hybridized carbons (Fsp3) is 0.467. The number of halogens is 1. The van der Waals surface area contributed by atoms with Crippen LogP contribution < -0.4 is 4.74 Å². The molecule has 6 heteroatoms. The molecule has 0 radical (unpaired) electrons. The molecule has 0 spiro atoms. The van der Waals surface area contributed by atoms with Crippen molar-refractivity contribution in [2.24, 2.45) is 5.41 Å². The minimum atomic E-state index is -0.799. The van der Waals surface area contributed by atoms with Crippen LogP contribution in [0.25, 0.3) is 0 Å². The number of carbonyl (C=O) groups is 2. The predicted molar refractivity (Wildman–Crippen MR) is 78.5 cm³/mol. The molecule has 2 rings (SSSR count). The summed E-state index contributed by atoms with van der Waals surface area (Å²) in [5.41, 5.74) is -0.728. The van der Waals surface area contributed by atoms with Crippen molar-refractivity contribution >= 4 is 23.5 Å². The Balaban J connectivity index is 1.82. The summed E-state index contributed by atoms with van der Waals surface area (Å²) in [6.07, 6.45) is 0.935. The topological polar surface area (TPSA) is 66.8 Å². The van der Waals surface area contributed by atoms with Crippen molar-refractivity contribution < 1.29 is 19.4 Å². The van der Waals surface area contributed by atoms with Gasteiger partial charge in [-0.15, -0.1) is 0 Å². The van der Waals surface area contributed by atoms with Crippen LogP contribution in [0, 0.1) is 5.41 Å². The lowest BCUT2D eigenvalue weighted by atomic mass is 9.80. The van der Waals surface area contributed by atoms with E-state index in [0.717, 1.165) is 0 Å². The lowest BCUT2D eigenvalue weighted by molar-refractivity contribution is -0.153. The van der Waals surface area contributed by atoms with Gasteiger partial charge in [-0.1, -0.05) is 11.6 Å². The van der Waals surface area contributed by atoms with Crippen LogP contribution in [0.1, 0.15) is 19.8 Å². The number of benzene rings is 1. The molecule has 0 atom stereocenters. The Kier molecular flexibility index (Phi) is 4.73.